The number of nitrogens with two attached hydrogens (primary N) is 1. The maximum Gasteiger partial charge on any atom is 0.133 e. The molecule has 0 fully saturated rings. The van der Waals surface area contributed by atoms with Crippen molar-refractivity contribution in [2.75, 3.05) is 0 Å². The van der Waals surface area contributed by atoms with Crippen LogP contribution in [-0.4, -0.2) is 0 Å². The molecule has 1 rings (SSSR count). The van der Waals surface area contributed by atoms with Crippen molar-refractivity contribution in [1.82, 2.24) is 0 Å². The summed E-state index contributed by atoms with van der Waals surface area (Å²) in [6.45, 7) is 0.545. The van der Waals surface area contributed by atoms with Crippen LogP contribution in [0.2, 0.25) is 5.02 Å². The fourth-order valence-electron chi connectivity index (χ4n) is 0.843. The van der Waals surface area contributed by atoms with Crippen molar-refractivity contribution in [3.63, 3.8) is 0 Å². The lowest BCUT2D eigenvalue weighted by Gasteiger charge is -2.01. The molecule has 1 aromatic rings. The van der Waals surface area contributed by atoms with Crippen LogP contribution in [0.4, 0.5) is 4.39 Å². The van der Waals surface area contributed by atoms with Gasteiger partial charge >= 0.3 is 0 Å². The Morgan fingerprint density at radius 3 is 2.82 bits per heavy atom. The van der Waals surface area contributed by atoms with Gasteiger partial charge in [0.25, 0.3) is 0 Å². The smallest absolute Gasteiger partial charge is 0.133 e. The van der Waals surface area contributed by atoms with Gasteiger partial charge in [-0.3, -0.25) is 0 Å². The standard InChI is InChI=1S/C8H9ClFN/c1-11-5-6-2-3-7(9)4-8(6)10/h2-4H,1,5,11H2. The summed E-state index contributed by atoms with van der Waals surface area (Å²) in [5.74, 6) is -0.266. The van der Waals surface area contributed by atoms with Gasteiger partial charge in [-0.15, -0.1) is 0 Å². The molecule has 2 N–H and O–H groups in total. The van der Waals surface area contributed by atoms with Gasteiger partial charge in [-0.2, -0.15) is 7.05 Å². The van der Waals surface area contributed by atoms with Crippen LogP contribution < -0.4 is 5.32 Å². The third-order valence-corrected chi connectivity index (χ3v) is 1.61. The molecule has 11 heavy (non-hydrogen) atoms. The van der Waals surface area contributed by atoms with E-state index in [9.17, 15) is 4.39 Å². The predicted octanol–water partition coefficient (Wildman–Crippen LogP) is 1.33. The van der Waals surface area contributed by atoms with E-state index in [2.05, 4.69) is 7.05 Å². The number of rotatable bonds is 2. The van der Waals surface area contributed by atoms with Crippen LogP contribution in [0.5, 0.6) is 0 Å². The van der Waals surface area contributed by atoms with Gasteiger partial charge < -0.3 is 5.32 Å². The quantitative estimate of drug-likeness (QED) is 0.650. The topological polar surface area (TPSA) is 16.6 Å². The Morgan fingerprint density at radius 2 is 2.27 bits per heavy atom. The average molecular weight is 174 g/mol. The Hall–Kier alpha value is -0.600. The zero-order valence-corrected chi connectivity index (χ0v) is 6.74. The maximum atomic E-state index is 12.9. The zero-order valence-electron chi connectivity index (χ0n) is 5.98. The molecule has 0 aromatic heterocycles. The zero-order chi connectivity index (χ0) is 8.27. The Morgan fingerprint density at radius 1 is 1.55 bits per heavy atom. The second-order valence-electron chi connectivity index (χ2n) is 2.23. The highest BCUT2D eigenvalue weighted by Crippen LogP contribution is 2.13. The third-order valence-electron chi connectivity index (χ3n) is 1.38. The van der Waals surface area contributed by atoms with Gasteiger partial charge in [0.2, 0.25) is 0 Å². The van der Waals surface area contributed by atoms with Gasteiger partial charge in [0.15, 0.2) is 0 Å². The molecule has 3 heteroatoms. The molecule has 1 nitrogen and oxygen atoms in total. The molecule has 0 saturated carbocycles. The number of hydrogen-bond acceptors (Lipinski definition) is 0. The molecule has 0 spiro atoms. The Kier molecular flexibility index (Phi) is 2.85. The minimum atomic E-state index is -0.266. The minimum Gasteiger partial charge on any atom is -0.475 e. The molecule has 0 heterocycles. The summed E-state index contributed by atoms with van der Waals surface area (Å²) in [5.41, 5.74) is 0.629. The summed E-state index contributed by atoms with van der Waals surface area (Å²) in [6, 6.07) is 4.64. The second-order valence-corrected chi connectivity index (χ2v) is 2.66. The first-order valence-corrected chi connectivity index (χ1v) is 3.66. The van der Waals surface area contributed by atoms with E-state index in [4.69, 9.17) is 11.6 Å². The Labute approximate surface area is 70.2 Å². The lowest BCUT2D eigenvalue weighted by atomic mass is 10.2. The molecule has 1 aromatic carbocycles. The molecule has 0 radical (unpaired) electrons. The Balaban J connectivity index is 2.90. The van der Waals surface area contributed by atoms with E-state index in [-0.39, 0.29) is 5.82 Å². The fraction of sp³-hybridized carbons (Fsp3) is 0.125. The largest absolute Gasteiger partial charge is 0.475 e. The monoisotopic (exact) mass is 173 g/mol. The number of quaternary nitrogens is 1. The van der Waals surface area contributed by atoms with Crippen LogP contribution in [0.15, 0.2) is 18.2 Å². The first kappa shape index (κ1) is 8.50. The van der Waals surface area contributed by atoms with Crippen molar-refractivity contribution in [1.29, 1.82) is 0 Å². The van der Waals surface area contributed by atoms with E-state index in [0.29, 0.717) is 17.1 Å². The molecule has 0 unspecified atom stereocenters. The Bertz CT molecular complexity index is 250. The van der Waals surface area contributed by atoms with E-state index in [1.807, 2.05) is 0 Å². The third kappa shape index (κ3) is 2.17. The van der Waals surface area contributed by atoms with Crippen molar-refractivity contribution in [2.45, 2.75) is 6.54 Å². The van der Waals surface area contributed by atoms with Gasteiger partial charge in [-0.05, 0) is 18.2 Å². The summed E-state index contributed by atoms with van der Waals surface area (Å²) >= 11 is 5.55. The molecule has 0 atom stereocenters. The van der Waals surface area contributed by atoms with Crippen LogP contribution in [0, 0.1) is 12.9 Å². The fourth-order valence-corrected chi connectivity index (χ4v) is 1.00. The molecule has 0 aliphatic carbocycles. The van der Waals surface area contributed by atoms with Crippen LogP contribution in [0.1, 0.15) is 5.56 Å². The molecular weight excluding hydrogens is 165 g/mol. The summed E-state index contributed by atoms with van der Waals surface area (Å²) in [7, 11) is 3.52. The average Bonchev–Trinajstić information content (AvgIpc) is 1.95. The number of hydrogen-bond donors (Lipinski definition) is 1. The van der Waals surface area contributed by atoms with Gasteiger partial charge in [-0.25, -0.2) is 4.39 Å². The SMILES string of the molecule is [CH2-][NH2+]Cc1ccc(Cl)cc1F. The molecule has 0 amide bonds. The van der Waals surface area contributed by atoms with Crippen LogP contribution in [-0.2, 0) is 6.54 Å². The van der Waals surface area contributed by atoms with Crippen molar-refractivity contribution in [3.05, 3.63) is 41.7 Å². The molecule has 0 aliphatic heterocycles. The normalized spacial score (nSPS) is 10.1. The van der Waals surface area contributed by atoms with Crippen molar-refractivity contribution >= 4 is 11.6 Å². The predicted molar refractivity (Wildman–Crippen MR) is 42.4 cm³/mol. The summed E-state index contributed by atoms with van der Waals surface area (Å²) in [5, 5.41) is 2.09. The van der Waals surface area contributed by atoms with Crippen molar-refractivity contribution < 1.29 is 9.71 Å². The lowest BCUT2D eigenvalue weighted by molar-refractivity contribution is -0.612. The van der Waals surface area contributed by atoms with Crippen LogP contribution >= 0.6 is 11.6 Å². The maximum absolute atomic E-state index is 12.9. The highest BCUT2D eigenvalue weighted by Gasteiger charge is 2.01. The van der Waals surface area contributed by atoms with Crippen LogP contribution in [0.25, 0.3) is 0 Å². The number of benzene rings is 1. The highest BCUT2D eigenvalue weighted by molar-refractivity contribution is 6.30. The van der Waals surface area contributed by atoms with Gasteiger partial charge in [0, 0.05) is 10.6 Å². The molecule has 0 bridgehead atoms. The van der Waals surface area contributed by atoms with Gasteiger partial charge in [0.1, 0.15) is 5.82 Å². The lowest BCUT2D eigenvalue weighted by Crippen LogP contribution is -2.75. The van der Waals surface area contributed by atoms with Crippen LogP contribution in [0.3, 0.4) is 0 Å². The molecule has 0 aliphatic rings. The van der Waals surface area contributed by atoms with E-state index in [1.165, 1.54) is 6.07 Å². The van der Waals surface area contributed by atoms with Gasteiger partial charge in [0.05, 0.1) is 6.54 Å². The van der Waals surface area contributed by atoms with Gasteiger partial charge in [-0.1, -0.05) is 11.6 Å². The molecule has 0 saturated heterocycles. The summed E-state index contributed by atoms with van der Waals surface area (Å²) < 4.78 is 12.9. The van der Waals surface area contributed by atoms with E-state index in [1.54, 1.807) is 17.4 Å². The summed E-state index contributed by atoms with van der Waals surface area (Å²) in [6.07, 6.45) is 0. The summed E-state index contributed by atoms with van der Waals surface area (Å²) in [4.78, 5) is 0. The van der Waals surface area contributed by atoms with E-state index in [0.717, 1.165) is 0 Å². The van der Waals surface area contributed by atoms with E-state index < -0.39 is 0 Å². The van der Waals surface area contributed by atoms with Crippen molar-refractivity contribution in [3.8, 4) is 0 Å². The molecule has 60 valence electrons. The first-order valence-electron chi connectivity index (χ1n) is 3.29. The number of halogens is 2. The molecular formula is C8H9ClFN. The first-order chi connectivity index (χ1) is 5.24. The van der Waals surface area contributed by atoms with Crippen molar-refractivity contribution in [2.24, 2.45) is 0 Å². The second kappa shape index (κ2) is 3.69. The minimum absolute atomic E-state index is 0.266. The van der Waals surface area contributed by atoms with E-state index >= 15 is 0 Å². The highest BCUT2D eigenvalue weighted by atomic mass is 35.5.